The molecule has 0 amide bonds. The Hall–Kier alpha value is -1.22. The summed E-state index contributed by atoms with van der Waals surface area (Å²) in [5.74, 6) is 3.42. The predicted molar refractivity (Wildman–Crippen MR) is 87.1 cm³/mol. The van der Waals surface area contributed by atoms with Crippen molar-refractivity contribution < 1.29 is 9.47 Å². The van der Waals surface area contributed by atoms with Crippen LogP contribution in [0.2, 0.25) is 0 Å². The second kappa shape index (κ2) is 8.28. The summed E-state index contributed by atoms with van der Waals surface area (Å²) in [6.45, 7) is 6.56. The molecule has 1 aliphatic rings. The fraction of sp³-hybridized carbons (Fsp3) is 0.667. The van der Waals surface area contributed by atoms with Crippen LogP contribution in [0.25, 0.3) is 0 Å². The molecule has 1 fully saturated rings. The van der Waals surface area contributed by atoms with Crippen molar-refractivity contribution in [3.63, 3.8) is 0 Å². The number of nitrogens with one attached hydrogen (secondary N) is 1. The van der Waals surface area contributed by atoms with Crippen LogP contribution in [-0.4, -0.2) is 26.3 Å². The minimum atomic E-state index is 0.690. The highest BCUT2D eigenvalue weighted by molar-refractivity contribution is 5.31. The molecule has 1 N–H and O–H groups in total. The summed E-state index contributed by atoms with van der Waals surface area (Å²) < 4.78 is 10.9. The molecular weight excluding hydrogens is 262 g/mol. The zero-order chi connectivity index (χ0) is 15.1. The lowest BCUT2D eigenvalue weighted by Gasteiger charge is -2.34. The first-order valence-corrected chi connectivity index (χ1v) is 8.21. The first kappa shape index (κ1) is 16.2. The second-order valence-corrected chi connectivity index (χ2v) is 6.21. The maximum Gasteiger partial charge on any atom is 0.119 e. The van der Waals surface area contributed by atoms with Crippen LogP contribution in [0.3, 0.4) is 0 Å². The highest BCUT2D eigenvalue weighted by Crippen LogP contribution is 2.29. The van der Waals surface area contributed by atoms with Crippen molar-refractivity contribution >= 4 is 0 Å². The van der Waals surface area contributed by atoms with E-state index < -0.39 is 0 Å². The molecule has 21 heavy (non-hydrogen) atoms. The molecule has 1 aliphatic carbocycles. The molecular formula is C18H29NO2. The monoisotopic (exact) mass is 291 g/mol. The van der Waals surface area contributed by atoms with Gasteiger partial charge in [0.2, 0.25) is 0 Å². The zero-order valence-corrected chi connectivity index (χ0v) is 13.6. The van der Waals surface area contributed by atoms with Gasteiger partial charge in [-0.2, -0.15) is 0 Å². The van der Waals surface area contributed by atoms with E-state index in [1.54, 1.807) is 7.11 Å². The van der Waals surface area contributed by atoms with Gasteiger partial charge < -0.3 is 14.8 Å². The van der Waals surface area contributed by atoms with Crippen LogP contribution in [0.15, 0.2) is 24.3 Å². The van der Waals surface area contributed by atoms with Crippen molar-refractivity contribution in [3.05, 3.63) is 24.3 Å². The van der Waals surface area contributed by atoms with Gasteiger partial charge in [0.05, 0.1) is 13.7 Å². The molecule has 0 spiro atoms. The van der Waals surface area contributed by atoms with Gasteiger partial charge in [0.25, 0.3) is 0 Å². The van der Waals surface area contributed by atoms with E-state index in [-0.39, 0.29) is 0 Å². The minimum Gasteiger partial charge on any atom is -0.497 e. The molecule has 118 valence electrons. The molecule has 0 aliphatic heterocycles. The van der Waals surface area contributed by atoms with E-state index in [1.165, 1.54) is 19.3 Å². The second-order valence-electron chi connectivity index (χ2n) is 6.21. The van der Waals surface area contributed by atoms with Crippen molar-refractivity contribution in [2.24, 2.45) is 11.8 Å². The maximum absolute atomic E-state index is 5.75. The van der Waals surface area contributed by atoms with E-state index in [0.29, 0.717) is 6.04 Å². The standard InChI is InChI=1S/C18H29NO2/c1-14-6-4-7-18(15(14)2)19-12-5-13-21-17-10-8-16(20-3)9-11-17/h8-11,14-15,18-19H,4-7,12-13H2,1-3H3/t14-,15+,18-/m0/s1. The van der Waals surface area contributed by atoms with Gasteiger partial charge in [-0.1, -0.05) is 26.7 Å². The molecule has 0 aromatic heterocycles. The lowest BCUT2D eigenvalue weighted by molar-refractivity contribution is 0.203. The first-order valence-electron chi connectivity index (χ1n) is 8.21. The van der Waals surface area contributed by atoms with E-state index in [0.717, 1.165) is 42.9 Å². The van der Waals surface area contributed by atoms with Crippen molar-refractivity contribution in [2.75, 3.05) is 20.3 Å². The summed E-state index contributed by atoms with van der Waals surface area (Å²) in [6.07, 6.45) is 5.12. The fourth-order valence-corrected chi connectivity index (χ4v) is 3.09. The molecule has 2 rings (SSSR count). The molecule has 0 radical (unpaired) electrons. The van der Waals surface area contributed by atoms with Gasteiger partial charge in [0.15, 0.2) is 0 Å². The summed E-state index contributed by atoms with van der Waals surface area (Å²) in [6, 6.07) is 8.46. The fourth-order valence-electron chi connectivity index (χ4n) is 3.09. The van der Waals surface area contributed by atoms with Crippen LogP contribution in [0.5, 0.6) is 11.5 Å². The van der Waals surface area contributed by atoms with Gasteiger partial charge in [-0.15, -0.1) is 0 Å². The van der Waals surface area contributed by atoms with Crippen molar-refractivity contribution in [1.82, 2.24) is 5.32 Å². The van der Waals surface area contributed by atoms with Gasteiger partial charge >= 0.3 is 0 Å². The van der Waals surface area contributed by atoms with Crippen molar-refractivity contribution in [3.8, 4) is 11.5 Å². The van der Waals surface area contributed by atoms with E-state index in [4.69, 9.17) is 9.47 Å². The third-order valence-electron chi connectivity index (χ3n) is 4.76. The van der Waals surface area contributed by atoms with Crippen LogP contribution >= 0.6 is 0 Å². The molecule has 1 aromatic carbocycles. The van der Waals surface area contributed by atoms with Gasteiger partial charge in [-0.3, -0.25) is 0 Å². The zero-order valence-electron chi connectivity index (χ0n) is 13.6. The normalized spacial score (nSPS) is 25.6. The SMILES string of the molecule is COc1ccc(OCCCN[C@H]2CCC[C@H](C)[C@H]2C)cc1. The maximum atomic E-state index is 5.75. The Kier molecular flexibility index (Phi) is 6.37. The quantitative estimate of drug-likeness (QED) is 0.773. The molecule has 1 saturated carbocycles. The summed E-state index contributed by atoms with van der Waals surface area (Å²) in [4.78, 5) is 0. The Bertz CT molecular complexity index is 404. The average Bonchev–Trinajstić information content (AvgIpc) is 2.51. The average molecular weight is 291 g/mol. The lowest BCUT2D eigenvalue weighted by Crippen LogP contribution is -2.41. The van der Waals surface area contributed by atoms with E-state index in [1.807, 2.05) is 24.3 Å². The Labute approximate surface area is 129 Å². The van der Waals surface area contributed by atoms with Crippen LogP contribution in [0, 0.1) is 11.8 Å². The molecule has 3 nitrogen and oxygen atoms in total. The van der Waals surface area contributed by atoms with Crippen LogP contribution in [0.4, 0.5) is 0 Å². The van der Waals surface area contributed by atoms with E-state index in [2.05, 4.69) is 19.2 Å². The van der Waals surface area contributed by atoms with Gasteiger partial charge in [-0.05, 0) is 55.5 Å². The van der Waals surface area contributed by atoms with Gasteiger partial charge in [-0.25, -0.2) is 0 Å². The minimum absolute atomic E-state index is 0.690. The molecule has 0 heterocycles. The Morgan fingerprint density at radius 3 is 2.52 bits per heavy atom. The van der Waals surface area contributed by atoms with E-state index >= 15 is 0 Å². The van der Waals surface area contributed by atoms with Crippen molar-refractivity contribution in [2.45, 2.75) is 45.6 Å². The van der Waals surface area contributed by atoms with Crippen molar-refractivity contribution in [1.29, 1.82) is 0 Å². The van der Waals surface area contributed by atoms with Gasteiger partial charge in [0, 0.05) is 6.04 Å². The largest absolute Gasteiger partial charge is 0.497 e. The number of methoxy groups -OCH3 is 1. The van der Waals surface area contributed by atoms with Crippen LogP contribution in [0.1, 0.15) is 39.5 Å². The lowest BCUT2D eigenvalue weighted by atomic mass is 9.78. The number of ether oxygens (including phenoxy) is 2. The first-order chi connectivity index (χ1) is 10.2. The predicted octanol–water partition coefficient (Wildman–Crippen LogP) is 3.88. The molecule has 0 saturated heterocycles. The Balaban J connectivity index is 1.61. The number of hydrogen-bond acceptors (Lipinski definition) is 3. The summed E-state index contributed by atoms with van der Waals surface area (Å²) in [5, 5.41) is 3.71. The number of benzene rings is 1. The summed E-state index contributed by atoms with van der Waals surface area (Å²) in [7, 11) is 1.68. The van der Waals surface area contributed by atoms with Crippen LogP contribution < -0.4 is 14.8 Å². The number of rotatable bonds is 7. The highest BCUT2D eigenvalue weighted by Gasteiger charge is 2.26. The number of hydrogen-bond donors (Lipinski definition) is 1. The molecule has 1 aromatic rings. The Morgan fingerprint density at radius 1 is 1.10 bits per heavy atom. The Morgan fingerprint density at radius 2 is 1.81 bits per heavy atom. The smallest absolute Gasteiger partial charge is 0.119 e. The summed E-state index contributed by atoms with van der Waals surface area (Å²) >= 11 is 0. The third-order valence-corrected chi connectivity index (χ3v) is 4.76. The van der Waals surface area contributed by atoms with E-state index in [9.17, 15) is 0 Å². The highest BCUT2D eigenvalue weighted by atomic mass is 16.5. The molecule has 0 unspecified atom stereocenters. The van der Waals surface area contributed by atoms with Crippen LogP contribution in [-0.2, 0) is 0 Å². The topological polar surface area (TPSA) is 30.5 Å². The molecule has 0 bridgehead atoms. The van der Waals surface area contributed by atoms with Gasteiger partial charge in [0.1, 0.15) is 11.5 Å². The molecule has 3 atom stereocenters. The molecule has 3 heteroatoms. The third kappa shape index (κ3) is 4.92. The summed E-state index contributed by atoms with van der Waals surface area (Å²) in [5.41, 5.74) is 0.